The third-order valence-electron chi connectivity index (χ3n) is 7.15. The SMILES string of the molecule is C[C@@H]1CN([C@@H](C)CO)C(=O)c2cc(C#CC3(O)CCCC3)cnc2O[C@@H]1CN(C)C(=O)C1CC1. The number of aromatic nitrogens is 1. The number of hydrogen-bond acceptors (Lipinski definition) is 6. The minimum absolute atomic E-state index is 0.0848. The van der Waals surface area contributed by atoms with Gasteiger partial charge in [-0.05, 0) is 51.5 Å². The van der Waals surface area contributed by atoms with Crippen LogP contribution in [0.4, 0.5) is 0 Å². The van der Waals surface area contributed by atoms with Gasteiger partial charge in [-0.15, -0.1) is 0 Å². The summed E-state index contributed by atoms with van der Waals surface area (Å²) in [6.07, 6.45) is 6.25. The molecule has 2 heterocycles. The average molecular weight is 470 g/mol. The van der Waals surface area contributed by atoms with Gasteiger partial charge in [-0.25, -0.2) is 4.98 Å². The van der Waals surface area contributed by atoms with Crippen LogP contribution in [-0.2, 0) is 4.79 Å². The summed E-state index contributed by atoms with van der Waals surface area (Å²) in [6.45, 7) is 4.39. The molecule has 4 rings (SSSR count). The van der Waals surface area contributed by atoms with E-state index >= 15 is 0 Å². The van der Waals surface area contributed by atoms with Gasteiger partial charge in [-0.3, -0.25) is 9.59 Å². The second-order valence-electron chi connectivity index (χ2n) is 10.2. The van der Waals surface area contributed by atoms with Crippen molar-refractivity contribution in [1.29, 1.82) is 0 Å². The molecule has 1 aromatic heterocycles. The number of ether oxygens (including phenoxy) is 1. The van der Waals surface area contributed by atoms with E-state index in [0.717, 1.165) is 25.7 Å². The number of fused-ring (bicyclic) bond motifs is 1. The van der Waals surface area contributed by atoms with Gasteiger partial charge < -0.3 is 24.7 Å². The number of aliphatic hydroxyl groups excluding tert-OH is 1. The lowest BCUT2D eigenvalue weighted by Crippen LogP contribution is -2.50. The molecule has 8 heteroatoms. The molecule has 2 amide bonds. The number of carbonyl (C=O) groups excluding carboxylic acids is 2. The van der Waals surface area contributed by atoms with Crippen molar-refractivity contribution in [2.24, 2.45) is 11.8 Å². The van der Waals surface area contributed by atoms with E-state index in [1.165, 1.54) is 0 Å². The Hall–Kier alpha value is -2.63. The molecule has 0 bridgehead atoms. The van der Waals surface area contributed by atoms with Gasteiger partial charge in [0.25, 0.3) is 5.91 Å². The van der Waals surface area contributed by atoms with Crippen LogP contribution in [-0.4, -0.2) is 81.3 Å². The molecule has 2 aliphatic carbocycles. The fraction of sp³-hybridized carbons (Fsp3) is 0.654. The van der Waals surface area contributed by atoms with Crippen molar-refractivity contribution >= 4 is 11.8 Å². The molecule has 1 aliphatic heterocycles. The number of aliphatic hydroxyl groups is 2. The fourth-order valence-corrected chi connectivity index (χ4v) is 4.66. The summed E-state index contributed by atoms with van der Waals surface area (Å²) < 4.78 is 6.24. The van der Waals surface area contributed by atoms with E-state index in [-0.39, 0.29) is 53.8 Å². The van der Waals surface area contributed by atoms with Crippen LogP contribution in [0.25, 0.3) is 0 Å². The van der Waals surface area contributed by atoms with E-state index < -0.39 is 5.60 Å². The first-order valence-corrected chi connectivity index (χ1v) is 12.3. The van der Waals surface area contributed by atoms with Gasteiger partial charge in [0.05, 0.1) is 19.2 Å². The summed E-state index contributed by atoms with van der Waals surface area (Å²) in [7, 11) is 1.79. The summed E-state index contributed by atoms with van der Waals surface area (Å²) in [5.74, 6) is 6.02. The number of rotatable bonds is 5. The van der Waals surface area contributed by atoms with E-state index in [1.54, 1.807) is 36.0 Å². The summed E-state index contributed by atoms with van der Waals surface area (Å²) >= 11 is 0. The highest BCUT2D eigenvalue weighted by atomic mass is 16.5. The molecule has 0 unspecified atom stereocenters. The molecule has 3 atom stereocenters. The van der Waals surface area contributed by atoms with Crippen LogP contribution >= 0.6 is 0 Å². The third-order valence-corrected chi connectivity index (χ3v) is 7.15. The molecule has 0 spiro atoms. The molecule has 3 aliphatic rings. The summed E-state index contributed by atoms with van der Waals surface area (Å²) in [6, 6.07) is 1.26. The van der Waals surface area contributed by atoms with E-state index in [0.29, 0.717) is 31.5 Å². The van der Waals surface area contributed by atoms with Gasteiger partial charge in [-0.2, -0.15) is 0 Å². The van der Waals surface area contributed by atoms with E-state index in [9.17, 15) is 19.8 Å². The fourth-order valence-electron chi connectivity index (χ4n) is 4.66. The van der Waals surface area contributed by atoms with Gasteiger partial charge >= 0.3 is 0 Å². The second-order valence-corrected chi connectivity index (χ2v) is 10.2. The lowest BCUT2D eigenvalue weighted by Gasteiger charge is -2.37. The lowest BCUT2D eigenvalue weighted by atomic mass is 9.99. The molecule has 8 nitrogen and oxygen atoms in total. The summed E-state index contributed by atoms with van der Waals surface area (Å²) in [5, 5.41) is 20.4. The average Bonchev–Trinajstić information content (AvgIpc) is 3.59. The Bertz CT molecular complexity index is 990. The van der Waals surface area contributed by atoms with Crippen LogP contribution in [0.15, 0.2) is 12.3 Å². The van der Waals surface area contributed by atoms with Gasteiger partial charge in [0.1, 0.15) is 17.3 Å². The molecule has 34 heavy (non-hydrogen) atoms. The highest BCUT2D eigenvalue weighted by molar-refractivity contribution is 5.97. The Morgan fingerprint density at radius 3 is 2.74 bits per heavy atom. The maximum absolute atomic E-state index is 13.5. The Morgan fingerprint density at radius 1 is 1.38 bits per heavy atom. The Labute approximate surface area is 201 Å². The van der Waals surface area contributed by atoms with Crippen molar-refractivity contribution in [2.75, 3.05) is 26.7 Å². The van der Waals surface area contributed by atoms with Crippen LogP contribution in [0.2, 0.25) is 0 Å². The van der Waals surface area contributed by atoms with Gasteiger partial charge in [0.15, 0.2) is 0 Å². The normalized spacial score (nSPS) is 24.7. The lowest BCUT2D eigenvalue weighted by molar-refractivity contribution is -0.132. The first-order valence-electron chi connectivity index (χ1n) is 12.3. The molecule has 2 saturated carbocycles. The third kappa shape index (κ3) is 5.37. The monoisotopic (exact) mass is 469 g/mol. The van der Waals surface area contributed by atoms with Crippen LogP contribution < -0.4 is 4.74 Å². The standard InChI is InChI=1S/C26H35N3O5/c1-17-14-29(18(2)16-30)25(32)21-12-19(8-11-26(33)9-4-5-10-26)13-27-23(21)34-22(17)15-28(3)24(31)20-6-7-20/h12-13,17-18,20,22,30,33H,4-7,9-10,14-16H2,1-3H3/t17-,18+,22-/m1/s1. The first-order chi connectivity index (χ1) is 16.2. The maximum Gasteiger partial charge on any atom is 0.259 e. The molecule has 2 fully saturated rings. The minimum atomic E-state index is -0.985. The van der Waals surface area contributed by atoms with Crippen LogP contribution in [0.3, 0.4) is 0 Å². The molecular formula is C26H35N3O5. The number of carbonyl (C=O) groups is 2. The van der Waals surface area contributed by atoms with Crippen molar-refractivity contribution in [3.63, 3.8) is 0 Å². The Morgan fingerprint density at radius 2 is 2.09 bits per heavy atom. The maximum atomic E-state index is 13.5. The molecule has 1 aromatic rings. The van der Waals surface area contributed by atoms with Crippen molar-refractivity contribution < 1.29 is 24.5 Å². The van der Waals surface area contributed by atoms with Crippen molar-refractivity contribution in [3.05, 3.63) is 23.4 Å². The smallest absolute Gasteiger partial charge is 0.259 e. The predicted octanol–water partition coefficient (Wildman–Crippen LogP) is 1.83. The number of nitrogens with zero attached hydrogens (tertiary/aromatic N) is 3. The van der Waals surface area contributed by atoms with E-state index in [4.69, 9.17) is 4.74 Å². The zero-order chi connectivity index (χ0) is 24.5. The van der Waals surface area contributed by atoms with Crippen molar-refractivity contribution in [1.82, 2.24) is 14.8 Å². The zero-order valence-electron chi connectivity index (χ0n) is 20.3. The second kappa shape index (κ2) is 9.93. The van der Waals surface area contributed by atoms with E-state index in [1.807, 2.05) is 6.92 Å². The van der Waals surface area contributed by atoms with Crippen LogP contribution in [0, 0.1) is 23.7 Å². The molecule has 2 N–H and O–H groups in total. The molecule has 0 radical (unpaired) electrons. The predicted molar refractivity (Wildman–Crippen MR) is 126 cm³/mol. The van der Waals surface area contributed by atoms with Crippen molar-refractivity contribution in [2.45, 2.75) is 70.1 Å². The number of likely N-dealkylation sites (N-methyl/N-ethyl adjacent to an activating group) is 1. The number of pyridine rings is 1. The largest absolute Gasteiger partial charge is 0.472 e. The molecule has 184 valence electrons. The van der Waals surface area contributed by atoms with Crippen LogP contribution in [0.5, 0.6) is 5.88 Å². The molecular weight excluding hydrogens is 434 g/mol. The van der Waals surface area contributed by atoms with Crippen LogP contribution in [0.1, 0.15) is 68.3 Å². The van der Waals surface area contributed by atoms with E-state index in [2.05, 4.69) is 16.8 Å². The topological polar surface area (TPSA) is 103 Å². The number of amides is 2. The zero-order valence-corrected chi connectivity index (χ0v) is 20.3. The van der Waals surface area contributed by atoms with Gasteiger partial charge in [0.2, 0.25) is 11.8 Å². The van der Waals surface area contributed by atoms with Gasteiger partial charge in [0, 0.05) is 37.2 Å². The first kappa shape index (κ1) is 24.5. The Balaban J connectivity index is 1.64. The quantitative estimate of drug-likeness (QED) is 0.638. The highest BCUT2D eigenvalue weighted by Crippen LogP contribution is 2.32. The van der Waals surface area contributed by atoms with Gasteiger partial charge in [-0.1, -0.05) is 18.8 Å². The highest BCUT2D eigenvalue weighted by Gasteiger charge is 2.37. The molecule has 0 aromatic carbocycles. The number of hydrogen-bond donors (Lipinski definition) is 2. The Kier molecular flexibility index (Phi) is 7.15. The molecule has 0 saturated heterocycles. The minimum Gasteiger partial charge on any atom is -0.472 e. The summed E-state index contributed by atoms with van der Waals surface area (Å²) in [4.78, 5) is 33.8. The summed E-state index contributed by atoms with van der Waals surface area (Å²) in [5.41, 5.74) is -0.182. The van der Waals surface area contributed by atoms with Crippen molar-refractivity contribution in [3.8, 4) is 17.7 Å².